The van der Waals surface area contributed by atoms with Crippen LogP contribution in [0.5, 0.6) is 0 Å². The molecule has 0 unspecified atom stereocenters. The molecule has 21 heavy (non-hydrogen) atoms. The third kappa shape index (κ3) is 3.21. The van der Waals surface area contributed by atoms with Gasteiger partial charge in [0, 0.05) is 25.2 Å². The van der Waals surface area contributed by atoms with Gasteiger partial charge in [0.15, 0.2) is 0 Å². The van der Waals surface area contributed by atoms with Gasteiger partial charge in [0.2, 0.25) is 0 Å². The monoisotopic (exact) mass is 291 g/mol. The maximum atomic E-state index is 12.3. The van der Waals surface area contributed by atoms with Gasteiger partial charge in [-0.05, 0) is 39.8 Å². The van der Waals surface area contributed by atoms with Crippen molar-refractivity contribution in [2.24, 2.45) is 5.16 Å². The molecule has 1 aliphatic rings. The summed E-state index contributed by atoms with van der Waals surface area (Å²) in [4.78, 5) is 21.8. The van der Waals surface area contributed by atoms with Gasteiger partial charge in [0.1, 0.15) is 0 Å². The minimum absolute atomic E-state index is 0.414. The van der Waals surface area contributed by atoms with Crippen LogP contribution in [0.2, 0.25) is 0 Å². The number of piperidine rings is 1. The summed E-state index contributed by atoms with van der Waals surface area (Å²) in [5.41, 5.74) is 0.261. The Bertz CT molecular complexity index is 533. The summed E-state index contributed by atoms with van der Waals surface area (Å²) >= 11 is 0. The highest BCUT2D eigenvalue weighted by atomic mass is 16.7. The van der Waals surface area contributed by atoms with E-state index in [1.54, 1.807) is 29.6 Å². The number of carbonyl (C=O) groups is 1. The lowest BCUT2D eigenvalue weighted by molar-refractivity contribution is -0.226. The van der Waals surface area contributed by atoms with Crippen molar-refractivity contribution in [2.75, 3.05) is 0 Å². The van der Waals surface area contributed by atoms with E-state index < -0.39 is 17.0 Å². The Balaban J connectivity index is 2.23. The van der Waals surface area contributed by atoms with E-state index >= 15 is 0 Å². The van der Waals surface area contributed by atoms with Crippen LogP contribution >= 0.6 is 0 Å². The SMILES string of the molecule is CC1(C)CC(=NO)CC(C)(C)N1OC(=O)c1ccncc1. The summed E-state index contributed by atoms with van der Waals surface area (Å²) in [5, 5.41) is 14.1. The summed E-state index contributed by atoms with van der Waals surface area (Å²) in [6.07, 6.45) is 4.19. The van der Waals surface area contributed by atoms with Crippen LogP contribution in [0.4, 0.5) is 0 Å². The van der Waals surface area contributed by atoms with E-state index in [0.29, 0.717) is 24.1 Å². The molecule has 114 valence electrons. The van der Waals surface area contributed by atoms with E-state index in [-0.39, 0.29) is 0 Å². The van der Waals surface area contributed by atoms with Gasteiger partial charge >= 0.3 is 5.97 Å². The van der Waals surface area contributed by atoms with Crippen molar-refractivity contribution in [3.63, 3.8) is 0 Å². The molecule has 0 spiro atoms. The molecule has 6 heteroatoms. The van der Waals surface area contributed by atoms with Crippen LogP contribution in [-0.4, -0.2) is 38.0 Å². The van der Waals surface area contributed by atoms with Crippen molar-refractivity contribution in [3.8, 4) is 0 Å². The van der Waals surface area contributed by atoms with Gasteiger partial charge in [0.25, 0.3) is 0 Å². The van der Waals surface area contributed by atoms with Crippen LogP contribution in [0, 0.1) is 0 Å². The van der Waals surface area contributed by atoms with Gasteiger partial charge in [-0.25, -0.2) is 4.79 Å². The second kappa shape index (κ2) is 5.44. The standard InChI is InChI=1S/C15H21N3O3/c1-14(2)9-12(17-20)10-15(3,4)18(14)21-13(19)11-5-7-16-8-6-11/h5-8,20H,9-10H2,1-4H3. The quantitative estimate of drug-likeness (QED) is 0.669. The molecule has 0 atom stereocenters. The number of hydrogen-bond acceptors (Lipinski definition) is 6. The zero-order valence-electron chi connectivity index (χ0n) is 12.8. The largest absolute Gasteiger partial charge is 0.411 e. The second-order valence-electron chi connectivity index (χ2n) is 6.55. The Hall–Kier alpha value is -1.95. The lowest BCUT2D eigenvalue weighted by atomic mass is 9.81. The summed E-state index contributed by atoms with van der Waals surface area (Å²) in [6, 6.07) is 3.24. The summed E-state index contributed by atoms with van der Waals surface area (Å²) in [7, 11) is 0. The zero-order chi connectivity index (χ0) is 15.7. The Morgan fingerprint density at radius 3 is 2.24 bits per heavy atom. The molecule has 0 bridgehead atoms. The summed E-state index contributed by atoms with van der Waals surface area (Å²) in [6.45, 7) is 7.83. The van der Waals surface area contributed by atoms with Crippen LogP contribution in [0.25, 0.3) is 0 Å². The number of carbonyl (C=O) groups excluding carboxylic acids is 1. The molecule has 0 aromatic carbocycles. The fourth-order valence-corrected chi connectivity index (χ4v) is 2.97. The fourth-order valence-electron chi connectivity index (χ4n) is 2.97. The normalized spacial score (nSPS) is 20.9. The van der Waals surface area contributed by atoms with Gasteiger partial charge in [-0.15, -0.1) is 5.06 Å². The van der Waals surface area contributed by atoms with E-state index in [4.69, 9.17) is 10.0 Å². The maximum absolute atomic E-state index is 12.3. The minimum Gasteiger partial charge on any atom is -0.411 e. The molecule has 1 aromatic rings. The van der Waals surface area contributed by atoms with Crippen LogP contribution in [-0.2, 0) is 4.84 Å². The van der Waals surface area contributed by atoms with E-state index in [9.17, 15) is 4.79 Å². The predicted octanol–water partition coefficient (Wildman–Crippen LogP) is 2.64. The first-order valence-electron chi connectivity index (χ1n) is 6.89. The van der Waals surface area contributed by atoms with E-state index in [1.807, 2.05) is 27.7 Å². The Morgan fingerprint density at radius 1 is 1.24 bits per heavy atom. The van der Waals surface area contributed by atoms with Crippen LogP contribution < -0.4 is 0 Å². The number of rotatable bonds is 2. The first-order valence-corrected chi connectivity index (χ1v) is 6.89. The first kappa shape index (κ1) is 15.4. The van der Waals surface area contributed by atoms with Crippen molar-refractivity contribution in [1.29, 1.82) is 0 Å². The average molecular weight is 291 g/mol. The molecule has 2 heterocycles. The summed E-state index contributed by atoms with van der Waals surface area (Å²) in [5.74, 6) is -0.414. The van der Waals surface area contributed by atoms with Crippen molar-refractivity contribution in [2.45, 2.75) is 51.6 Å². The van der Waals surface area contributed by atoms with E-state index in [2.05, 4.69) is 10.1 Å². The smallest absolute Gasteiger partial charge is 0.357 e. The second-order valence-corrected chi connectivity index (χ2v) is 6.55. The lowest BCUT2D eigenvalue weighted by Crippen LogP contribution is -2.61. The molecule has 0 amide bonds. The number of pyridine rings is 1. The summed E-state index contributed by atoms with van der Waals surface area (Å²) < 4.78 is 0. The number of aromatic nitrogens is 1. The highest BCUT2D eigenvalue weighted by Crippen LogP contribution is 2.37. The third-order valence-corrected chi connectivity index (χ3v) is 3.60. The van der Waals surface area contributed by atoms with Gasteiger partial charge in [-0.3, -0.25) is 4.98 Å². The minimum atomic E-state index is -0.452. The maximum Gasteiger partial charge on any atom is 0.357 e. The molecule has 1 aromatic heterocycles. The molecular weight excluding hydrogens is 270 g/mol. The molecule has 0 radical (unpaired) electrons. The third-order valence-electron chi connectivity index (χ3n) is 3.60. The van der Waals surface area contributed by atoms with Crippen molar-refractivity contribution < 1.29 is 14.8 Å². The molecule has 0 aliphatic carbocycles. The zero-order valence-corrected chi connectivity index (χ0v) is 12.8. The predicted molar refractivity (Wildman–Crippen MR) is 78.1 cm³/mol. The molecule has 1 fully saturated rings. The highest BCUT2D eigenvalue weighted by Gasteiger charge is 2.47. The molecule has 6 nitrogen and oxygen atoms in total. The van der Waals surface area contributed by atoms with Crippen LogP contribution in [0.1, 0.15) is 50.9 Å². The fraction of sp³-hybridized carbons (Fsp3) is 0.533. The number of hydroxylamine groups is 2. The van der Waals surface area contributed by atoms with E-state index in [0.717, 1.165) is 0 Å². The highest BCUT2D eigenvalue weighted by molar-refractivity contribution is 5.89. The molecule has 1 aliphatic heterocycles. The first-order chi connectivity index (χ1) is 9.76. The Kier molecular flexibility index (Phi) is 4.00. The van der Waals surface area contributed by atoms with Crippen LogP contribution in [0.15, 0.2) is 29.7 Å². The number of oxime groups is 1. The van der Waals surface area contributed by atoms with Crippen molar-refractivity contribution in [1.82, 2.24) is 10.0 Å². The molecular formula is C15H21N3O3. The topological polar surface area (TPSA) is 75.0 Å². The van der Waals surface area contributed by atoms with Crippen molar-refractivity contribution >= 4 is 11.7 Å². The molecule has 0 saturated carbocycles. The van der Waals surface area contributed by atoms with Gasteiger partial charge in [-0.2, -0.15) is 0 Å². The molecule has 1 N–H and O–H groups in total. The van der Waals surface area contributed by atoms with Crippen molar-refractivity contribution in [3.05, 3.63) is 30.1 Å². The van der Waals surface area contributed by atoms with Gasteiger partial charge < -0.3 is 10.0 Å². The number of hydrogen-bond donors (Lipinski definition) is 1. The van der Waals surface area contributed by atoms with Gasteiger partial charge in [0.05, 0.1) is 22.4 Å². The lowest BCUT2D eigenvalue weighted by Gasteiger charge is -2.50. The average Bonchev–Trinajstić information content (AvgIpc) is 2.42. The number of nitrogens with zero attached hydrogens (tertiary/aromatic N) is 3. The molecule has 1 saturated heterocycles. The van der Waals surface area contributed by atoms with E-state index in [1.165, 1.54) is 0 Å². The Labute approximate surface area is 124 Å². The van der Waals surface area contributed by atoms with Gasteiger partial charge in [-0.1, -0.05) is 5.16 Å². The Morgan fingerprint density at radius 2 is 1.76 bits per heavy atom. The molecule has 2 rings (SSSR count). The van der Waals surface area contributed by atoms with Crippen LogP contribution in [0.3, 0.4) is 0 Å².